The number of hydrogen-bond donors (Lipinski definition) is 4. The van der Waals surface area contributed by atoms with Crippen molar-refractivity contribution in [1.82, 2.24) is 9.97 Å². The molecule has 2 amide bonds. The number of thiazole rings is 2. The largest absolute Gasteiger partial charge is 0.508 e. The van der Waals surface area contributed by atoms with Crippen molar-refractivity contribution in [2.45, 2.75) is 37.5 Å². The maximum atomic E-state index is 13.0. The van der Waals surface area contributed by atoms with Gasteiger partial charge in [-0.15, -0.1) is 22.7 Å². The second-order valence-electron chi connectivity index (χ2n) is 13.0. The van der Waals surface area contributed by atoms with Crippen molar-refractivity contribution in [3.8, 4) is 11.5 Å². The number of aromatic nitrogens is 2. The van der Waals surface area contributed by atoms with Crippen LogP contribution in [0, 0.1) is 11.8 Å². The Labute approximate surface area is 298 Å². The van der Waals surface area contributed by atoms with Gasteiger partial charge in [0.15, 0.2) is 10.3 Å². The van der Waals surface area contributed by atoms with Crippen molar-refractivity contribution >= 4 is 44.8 Å². The Kier molecular flexibility index (Phi) is 8.98. The van der Waals surface area contributed by atoms with Crippen LogP contribution in [0.4, 0.5) is 10.3 Å². The zero-order valence-corrected chi connectivity index (χ0v) is 29.2. The van der Waals surface area contributed by atoms with Gasteiger partial charge in [-0.3, -0.25) is 9.59 Å². The van der Waals surface area contributed by atoms with E-state index in [4.69, 9.17) is 0 Å². The fraction of sp³-hybridized carbons (Fsp3) is 0.200. The van der Waals surface area contributed by atoms with E-state index in [1.54, 1.807) is 36.7 Å². The maximum absolute atomic E-state index is 13.0. The third kappa shape index (κ3) is 6.05. The van der Waals surface area contributed by atoms with Gasteiger partial charge in [-0.1, -0.05) is 86.6 Å². The van der Waals surface area contributed by atoms with Gasteiger partial charge < -0.3 is 20.8 Å². The lowest BCUT2D eigenvalue weighted by atomic mass is 9.71. The van der Waals surface area contributed by atoms with Crippen LogP contribution in [-0.4, -0.2) is 32.0 Å². The molecule has 4 aromatic carbocycles. The summed E-state index contributed by atoms with van der Waals surface area (Å²) in [4.78, 5) is 34.4. The minimum absolute atomic E-state index is 0.0262. The van der Waals surface area contributed by atoms with Gasteiger partial charge >= 0.3 is 0 Å². The Morgan fingerprint density at radius 3 is 1.36 bits per heavy atom. The van der Waals surface area contributed by atoms with E-state index in [2.05, 4.69) is 58.7 Å². The van der Waals surface area contributed by atoms with Crippen LogP contribution >= 0.6 is 22.7 Å². The van der Waals surface area contributed by atoms with Gasteiger partial charge in [0, 0.05) is 34.0 Å². The van der Waals surface area contributed by atoms with E-state index in [0.717, 1.165) is 11.1 Å². The van der Waals surface area contributed by atoms with E-state index in [-0.39, 0.29) is 35.1 Å². The molecule has 0 bridgehead atoms. The van der Waals surface area contributed by atoms with Crippen molar-refractivity contribution in [2.75, 3.05) is 10.6 Å². The summed E-state index contributed by atoms with van der Waals surface area (Å²) in [7, 11) is 0. The van der Waals surface area contributed by atoms with Crippen LogP contribution in [0.2, 0.25) is 0 Å². The van der Waals surface area contributed by atoms with Crippen molar-refractivity contribution in [3.63, 3.8) is 0 Å². The van der Waals surface area contributed by atoms with Crippen LogP contribution < -0.4 is 10.6 Å². The molecule has 10 heteroatoms. The van der Waals surface area contributed by atoms with E-state index in [9.17, 15) is 19.8 Å². The molecule has 4 atom stereocenters. The number of nitrogens with one attached hydrogen (secondary N) is 2. The monoisotopic (exact) mass is 700 g/mol. The van der Waals surface area contributed by atoms with Crippen molar-refractivity contribution < 1.29 is 19.8 Å². The molecule has 0 unspecified atom stereocenters. The molecule has 2 aliphatic carbocycles. The first-order valence-electron chi connectivity index (χ1n) is 16.3. The summed E-state index contributed by atoms with van der Waals surface area (Å²) in [6.45, 7) is 4.22. The van der Waals surface area contributed by atoms with Crippen LogP contribution in [-0.2, 0) is 33.3 Å². The van der Waals surface area contributed by atoms with Gasteiger partial charge in [-0.05, 0) is 70.5 Å². The molecule has 0 saturated heterocycles. The van der Waals surface area contributed by atoms with Crippen LogP contribution in [0.1, 0.15) is 47.2 Å². The highest BCUT2D eigenvalue weighted by atomic mass is 32.1. The number of phenols is 2. The SMILES string of the molecule is C[C@]1(c2ccc(O)cc2)c2ccccc2C[C@@H]1C(=O)Nc1nccs1.C[C@]1(c2ccc(O)cc2)c2ccccc2C[C@H]1C(=O)Nc1nccs1. The lowest BCUT2D eigenvalue weighted by Crippen LogP contribution is -2.38. The highest BCUT2D eigenvalue weighted by Crippen LogP contribution is 2.50. The molecule has 50 heavy (non-hydrogen) atoms. The van der Waals surface area contributed by atoms with Gasteiger partial charge in [-0.2, -0.15) is 0 Å². The lowest BCUT2D eigenvalue weighted by molar-refractivity contribution is -0.121. The number of amides is 2. The number of fused-ring (bicyclic) bond motifs is 2. The number of hydrogen-bond acceptors (Lipinski definition) is 8. The molecule has 0 saturated carbocycles. The van der Waals surface area contributed by atoms with Gasteiger partial charge in [0.05, 0.1) is 11.8 Å². The molecular weight excluding hydrogens is 665 g/mol. The number of aromatic hydroxyl groups is 2. The zero-order chi connectivity index (χ0) is 34.9. The summed E-state index contributed by atoms with van der Waals surface area (Å²) in [5.41, 5.74) is 5.86. The first-order chi connectivity index (χ1) is 24.2. The summed E-state index contributed by atoms with van der Waals surface area (Å²) >= 11 is 2.83. The molecule has 252 valence electrons. The molecule has 0 aliphatic heterocycles. The average molecular weight is 701 g/mol. The molecule has 0 fully saturated rings. The van der Waals surface area contributed by atoms with Gasteiger partial charge in [0.1, 0.15) is 11.5 Å². The fourth-order valence-electron chi connectivity index (χ4n) is 7.63. The van der Waals surface area contributed by atoms with E-state index in [1.165, 1.54) is 44.9 Å². The number of benzene rings is 4. The maximum Gasteiger partial charge on any atom is 0.230 e. The van der Waals surface area contributed by atoms with Gasteiger partial charge in [-0.25, -0.2) is 9.97 Å². The third-order valence-corrected chi connectivity index (χ3v) is 11.7. The van der Waals surface area contributed by atoms with Crippen LogP contribution in [0.15, 0.2) is 120 Å². The van der Waals surface area contributed by atoms with E-state index >= 15 is 0 Å². The molecular formula is C40H36N4O4S2. The molecule has 2 heterocycles. The predicted molar refractivity (Wildman–Crippen MR) is 198 cm³/mol. The number of carbonyl (C=O) groups excluding carboxylic acids is 2. The van der Waals surface area contributed by atoms with E-state index in [0.29, 0.717) is 23.1 Å². The number of anilines is 2. The van der Waals surface area contributed by atoms with Gasteiger partial charge in [0.2, 0.25) is 11.8 Å². The highest BCUT2D eigenvalue weighted by Gasteiger charge is 2.49. The minimum atomic E-state index is -0.453. The lowest BCUT2D eigenvalue weighted by Gasteiger charge is -2.32. The fourth-order valence-corrected chi connectivity index (χ4v) is 8.69. The molecule has 0 spiro atoms. The van der Waals surface area contributed by atoms with Crippen molar-refractivity contribution in [3.05, 3.63) is 154 Å². The molecule has 6 aromatic rings. The number of phenolic OH excluding ortho intramolecular Hbond substituents is 2. The predicted octanol–water partition coefficient (Wildman–Crippen LogP) is 7.93. The van der Waals surface area contributed by atoms with Crippen LogP contribution in [0.3, 0.4) is 0 Å². The van der Waals surface area contributed by atoms with E-state index in [1.807, 2.05) is 59.3 Å². The Bertz CT molecular complexity index is 1960. The average Bonchev–Trinajstić information content (AvgIpc) is 3.94. The first-order valence-corrected chi connectivity index (χ1v) is 18.1. The standard InChI is InChI=1S/2C20H18N2O2S/c2*1-20(14-6-8-15(23)9-7-14)16-5-3-2-4-13(16)12-17(20)18(24)22-19-21-10-11-25-19/h2*2-11,17,23H,12H2,1H3,(H,21,22,24)/t17-,20+;17-,20-/m10/s1. The van der Waals surface area contributed by atoms with Crippen molar-refractivity contribution in [2.24, 2.45) is 11.8 Å². The number of nitrogens with zero attached hydrogens (tertiary/aromatic N) is 2. The molecule has 2 aromatic heterocycles. The molecule has 8 nitrogen and oxygen atoms in total. The minimum Gasteiger partial charge on any atom is -0.508 e. The molecule has 0 radical (unpaired) electrons. The summed E-state index contributed by atoms with van der Waals surface area (Å²) in [5.74, 6) is -0.0787. The molecule has 4 N–H and O–H groups in total. The Morgan fingerprint density at radius 2 is 1.00 bits per heavy atom. The van der Waals surface area contributed by atoms with Crippen LogP contribution in [0.5, 0.6) is 11.5 Å². The Balaban J connectivity index is 0.000000157. The molecule has 8 rings (SSSR count). The number of carbonyl (C=O) groups is 2. The first kappa shape index (κ1) is 33.2. The van der Waals surface area contributed by atoms with E-state index < -0.39 is 10.8 Å². The Hall–Kier alpha value is -5.32. The van der Waals surface area contributed by atoms with Crippen LogP contribution in [0.25, 0.3) is 0 Å². The summed E-state index contributed by atoms with van der Waals surface area (Å²) < 4.78 is 0. The quantitative estimate of drug-likeness (QED) is 0.140. The molecule has 2 aliphatic rings. The highest BCUT2D eigenvalue weighted by molar-refractivity contribution is 7.14. The third-order valence-electron chi connectivity index (χ3n) is 10.3. The summed E-state index contributed by atoms with van der Waals surface area (Å²) in [5, 5.41) is 30.1. The summed E-state index contributed by atoms with van der Waals surface area (Å²) in [6, 6.07) is 30.7. The summed E-state index contributed by atoms with van der Waals surface area (Å²) in [6.07, 6.45) is 4.74. The zero-order valence-electron chi connectivity index (χ0n) is 27.5. The normalized spacial score (nSPS) is 21.7. The topological polar surface area (TPSA) is 124 Å². The van der Waals surface area contributed by atoms with Gasteiger partial charge in [0.25, 0.3) is 0 Å². The Morgan fingerprint density at radius 1 is 0.620 bits per heavy atom. The van der Waals surface area contributed by atoms with Crippen molar-refractivity contribution in [1.29, 1.82) is 0 Å². The second kappa shape index (κ2) is 13.5. The smallest absolute Gasteiger partial charge is 0.230 e. The number of rotatable bonds is 6. The second-order valence-corrected chi connectivity index (χ2v) is 14.8.